The Morgan fingerprint density at radius 3 is 2.00 bits per heavy atom. The summed E-state index contributed by atoms with van der Waals surface area (Å²) < 4.78 is 28.5. The molecule has 10 heteroatoms. The van der Waals surface area contributed by atoms with Crippen molar-refractivity contribution < 1.29 is 33.3 Å². The maximum Gasteiger partial charge on any atom is 0.435 e. The maximum absolute atomic E-state index is 13.0. The van der Waals surface area contributed by atoms with Crippen LogP contribution >= 0.6 is 0 Å². The Labute approximate surface area is 297 Å². The number of carbonyl (C=O) groups excluding carboxylic acids is 2. The number of methoxy groups -OCH3 is 2. The summed E-state index contributed by atoms with van der Waals surface area (Å²) in [6, 6.07) is 15.1. The number of esters is 1. The quantitative estimate of drug-likeness (QED) is 0.0953. The first-order valence-corrected chi connectivity index (χ1v) is 18.3. The zero-order chi connectivity index (χ0) is 35.7. The van der Waals surface area contributed by atoms with Crippen LogP contribution in [-0.2, 0) is 24.4 Å². The molecule has 1 aromatic heterocycles. The second-order valence-corrected chi connectivity index (χ2v) is 13.8. The molecule has 0 N–H and O–H groups in total. The Hall–Kier alpha value is -3.73. The molecule has 4 saturated carbocycles. The van der Waals surface area contributed by atoms with E-state index in [1.165, 1.54) is 75.5 Å². The summed E-state index contributed by atoms with van der Waals surface area (Å²) in [6.07, 6.45) is 7.01. The summed E-state index contributed by atoms with van der Waals surface area (Å²) >= 11 is 0. The van der Waals surface area contributed by atoms with Crippen molar-refractivity contribution in [1.82, 2.24) is 14.7 Å². The van der Waals surface area contributed by atoms with Gasteiger partial charge in [0.1, 0.15) is 5.75 Å². The average Bonchev–Trinajstić information content (AvgIpc) is 3.58. The molecule has 0 atom stereocenters. The van der Waals surface area contributed by atoms with E-state index >= 15 is 0 Å². The number of hydrogen-bond donors (Lipinski definition) is 0. The highest BCUT2D eigenvalue weighted by Gasteiger charge is 2.52. The minimum atomic E-state index is -0.560. The van der Waals surface area contributed by atoms with Gasteiger partial charge in [0.25, 0.3) is 0 Å². The van der Waals surface area contributed by atoms with Crippen LogP contribution in [0.1, 0.15) is 82.1 Å². The number of benzene rings is 2. The van der Waals surface area contributed by atoms with Crippen LogP contribution < -0.4 is 4.74 Å². The highest BCUT2D eigenvalue weighted by Crippen LogP contribution is 2.62. The van der Waals surface area contributed by atoms with Gasteiger partial charge in [-0.05, 0) is 125 Å². The Kier molecular flexibility index (Phi) is 13.1. The van der Waals surface area contributed by atoms with Crippen molar-refractivity contribution in [3.8, 4) is 28.3 Å². The molecular weight excluding hydrogens is 634 g/mol. The molecular formula is C40H55N3O7. The third-order valence-corrected chi connectivity index (χ3v) is 10.7. The van der Waals surface area contributed by atoms with E-state index in [-0.39, 0.29) is 18.8 Å². The topological polar surface area (TPSA) is 101 Å². The molecule has 0 amide bonds. The first kappa shape index (κ1) is 37.5. The largest absolute Gasteiger partial charge is 0.467 e. The van der Waals surface area contributed by atoms with Crippen LogP contribution in [0.3, 0.4) is 0 Å². The number of nitrogens with zero attached hydrogens (tertiary/aromatic N) is 3. The monoisotopic (exact) mass is 689 g/mol. The molecule has 4 bridgehead atoms. The van der Waals surface area contributed by atoms with Crippen LogP contribution in [0.15, 0.2) is 48.5 Å². The van der Waals surface area contributed by atoms with Gasteiger partial charge in [0.2, 0.25) is 0 Å². The van der Waals surface area contributed by atoms with Gasteiger partial charge < -0.3 is 28.6 Å². The second kappa shape index (κ2) is 17.5. The number of ether oxygens (including phenoxy) is 5. The molecule has 3 aromatic rings. The molecule has 0 radical (unpaired) electrons. The van der Waals surface area contributed by atoms with Crippen molar-refractivity contribution in [2.45, 2.75) is 71.6 Å². The minimum absolute atomic E-state index is 0.0723. The Morgan fingerprint density at radius 2 is 1.46 bits per heavy atom. The molecule has 7 rings (SSSR count). The predicted octanol–water partition coefficient (Wildman–Crippen LogP) is 7.82. The van der Waals surface area contributed by atoms with E-state index in [1.54, 1.807) is 38.3 Å². The van der Waals surface area contributed by atoms with Gasteiger partial charge in [-0.1, -0.05) is 32.9 Å². The van der Waals surface area contributed by atoms with E-state index in [2.05, 4.69) is 31.7 Å². The fraction of sp³-hybridized carbons (Fsp3) is 0.575. The average molecular weight is 690 g/mol. The number of aromatic nitrogens is 2. The minimum Gasteiger partial charge on any atom is -0.467 e. The van der Waals surface area contributed by atoms with Crippen molar-refractivity contribution in [2.75, 3.05) is 60.5 Å². The van der Waals surface area contributed by atoms with Crippen molar-refractivity contribution in [2.24, 2.45) is 17.8 Å². The van der Waals surface area contributed by atoms with Gasteiger partial charge in [0.15, 0.2) is 6.79 Å². The van der Waals surface area contributed by atoms with Gasteiger partial charge >= 0.3 is 12.1 Å². The van der Waals surface area contributed by atoms with Crippen LogP contribution in [0.4, 0.5) is 4.79 Å². The predicted molar refractivity (Wildman–Crippen MR) is 193 cm³/mol. The zero-order valence-electron chi connectivity index (χ0n) is 30.7. The second-order valence-electron chi connectivity index (χ2n) is 13.8. The molecule has 4 aliphatic rings. The number of hydrogen-bond acceptors (Lipinski definition) is 9. The molecule has 0 aliphatic heterocycles. The zero-order valence-corrected chi connectivity index (χ0v) is 30.7. The SMILES string of the molecule is CCN(CC)CC.CCOC(=O)n1nc(-c2ccc(OCOCCOC)c(C34CC5CC(CC(C5)C3)C4)c2)cc1-c1ccc(C(=O)OC)cc1. The van der Waals surface area contributed by atoms with Crippen molar-refractivity contribution >= 4 is 12.1 Å². The lowest BCUT2D eigenvalue weighted by atomic mass is 9.48. The van der Waals surface area contributed by atoms with Crippen LogP contribution in [0.5, 0.6) is 5.75 Å². The molecule has 0 spiro atoms. The lowest BCUT2D eigenvalue weighted by molar-refractivity contribution is -0.0189. The van der Waals surface area contributed by atoms with Gasteiger partial charge in [-0.25, -0.2) is 9.59 Å². The van der Waals surface area contributed by atoms with Crippen LogP contribution in [-0.4, -0.2) is 87.2 Å². The van der Waals surface area contributed by atoms with Gasteiger partial charge in [0, 0.05) is 23.8 Å². The Morgan fingerprint density at radius 1 is 0.840 bits per heavy atom. The lowest BCUT2D eigenvalue weighted by Gasteiger charge is -2.57. The summed E-state index contributed by atoms with van der Waals surface area (Å²) in [5.41, 5.74) is 4.60. The maximum atomic E-state index is 13.0. The fourth-order valence-corrected chi connectivity index (χ4v) is 8.59. The van der Waals surface area contributed by atoms with E-state index in [1.807, 2.05) is 18.2 Å². The van der Waals surface area contributed by atoms with E-state index in [0.717, 1.165) is 34.6 Å². The first-order valence-electron chi connectivity index (χ1n) is 18.3. The van der Waals surface area contributed by atoms with Crippen LogP contribution in [0.2, 0.25) is 0 Å². The van der Waals surface area contributed by atoms with Gasteiger partial charge in [0.05, 0.1) is 43.9 Å². The first-order chi connectivity index (χ1) is 24.3. The molecule has 4 fully saturated rings. The molecule has 0 unspecified atom stereocenters. The van der Waals surface area contributed by atoms with E-state index < -0.39 is 12.1 Å². The van der Waals surface area contributed by atoms with Gasteiger partial charge in [-0.2, -0.15) is 9.78 Å². The molecule has 50 heavy (non-hydrogen) atoms. The smallest absolute Gasteiger partial charge is 0.435 e. The fourth-order valence-electron chi connectivity index (χ4n) is 8.59. The lowest BCUT2D eigenvalue weighted by Crippen LogP contribution is -2.48. The van der Waals surface area contributed by atoms with Gasteiger partial charge in [-0.15, -0.1) is 0 Å². The highest BCUT2D eigenvalue weighted by atomic mass is 16.7. The highest BCUT2D eigenvalue weighted by molar-refractivity contribution is 5.90. The van der Waals surface area contributed by atoms with Crippen LogP contribution in [0, 0.1) is 17.8 Å². The van der Waals surface area contributed by atoms with E-state index in [4.69, 9.17) is 28.8 Å². The summed E-state index contributed by atoms with van der Waals surface area (Å²) in [5.74, 6) is 2.73. The summed E-state index contributed by atoms with van der Waals surface area (Å²) in [5, 5.41) is 4.73. The number of rotatable bonds is 14. The van der Waals surface area contributed by atoms with Crippen molar-refractivity contribution in [3.63, 3.8) is 0 Å². The third-order valence-electron chi connectivity index (χ3n) is 10.7. The summed E-state index contributed by atoms with van der Waals surface area (Å²) in [6.45, 7) is 13.3. The molecule has 0 saturated heterocycles. The van der Waals surface area contributed by atoms with Crippen molar-refractivity contribution in [1.29, 1.82) is 0 Å². The standard InChI is InChI=1S/C34H40N2O7.C6H15N/c1-4-42-33(38)36-30(25-5-7-26(8-6-25)32(37)40-3)17-29(35-36)27-9-10-31(43-21-41-12-11-39-2)28(16-27)34-18-22-13-23(19-34)15-24(14-22)20-34;1-4-7(5-2)6-3/h5-10,16-17,22-24H,4,11-15,18-21H2,1-3H3;4-6H2,1-3H3. The summed E-state index contributed by atoms with van der Waals surface area (Å²) in [4.78, 5) is 27.4. The van der Waals surface area contributed by atoms with Gasteiger partial charge in [-0.3, -0.25) is 0 Å². The van der Waals surface area contributed by atoms with E-state index in [9.17, 15) is 9.59 Å². The summed E-state index contributed by atoms with van der Waals surface area (Å²) in [7, 11) is 3.00. The molecule has 4 aliphatic carbocycles. The van der Waals surface area contributed by atoms with Crippen LogP contribution in [0.25, 0.3) is 22.5 Å². The Bertz CT molecular complexity index is 1520. The number of carbonyl (C=O) groups is 2. The molecule has 272 valence electrons. The molecule has 2 aromatic carbocycles. The third kappa shape index (κ3) is 8.58. The normalized spacial score (nSPS) is 21.9. The molecule has 10 nitrogen and oxygen atoms in total. The Balaban J connectivity index is 0.000000630. The molecule has 1 heterocycles. The van der Waals surface area contributed by atoms with E-state index in [0.29, 0.717) is 30.2 Å². The van der Waals surface area contributed by atoms with Crippen molar-refractivity contribution in [3.05, 3.63) is 59.7 Å².